The Balaban J connectivity index is 2.14. The molecule has 4 nitrogen and oxygen atoms in total. The molecular weight excluding hydrogens is 370 g/mol. The van der Waals surface area contributed by atoms with Crippen LogP contribution in [0, 0.1) is 11.3 Å². The standard InChI is InChI=1S/C19H16BrNO3/c1-23-17-5-3-2-4-14(17)15-10-18(22)24-19(16(15)11-21)12-6-8-13(20)9-7-12/h2-9,15,18,22H,10H2,1H3/t15-,18?/m0/s1. The smallest absolute Gasteiger partial charge is 0.198 e. The van der Waals surface area contributed by atoms with Gasteiger partial charge in [0.05, 0.1) is 18.8 Å². The summed E-state index contributed by atoms with van der Waals surface area (Å²) in [5, 5.41) is 19.9. The predicted molar refractivity (Wildman–Crippen MR) is 94.1 cm³/mol. The van der Waals surface area contributed by atoms with Gasteiger partial charge in [0.15, 0.2) is 6.29 Å². The molecule has 2 atom stereocenters. The van der Waals surface area contributed by atoms with Gasteiger partial charge in [0.1, 0.15) is 11.5 Å². The maximum atomic E-state index is 10.2. The summed E-state index contributed by atoms with van der Waals surface area (Å²) >= 11 is 3.39. The molecule has 2 aromatic carbocycles. The highest BCUT2D eigenvalue weighted by molar-refractivity contribution is 9.10. The van der Waals surface area contributed by atoms with Gasteiger partial charge in [0.2, 0.25) is 0 Å². The van der Waals surface area contributed by atoms with Crippen LogP contribution in [-0.2, 0) is 4.74 Å². The van der Waals surface area contributed by atoms with E-state index in [1.165, 1.54) is 0 Å². The van der Waals surface area contributed by atoms with Crippen molar-refractivity contribution in [1.29, 1.82) is 5.26 Å². The number of rotatable bonds is 3. The molecule has 122 valence electrons. The maximum absolute atomic E-state index is 10.2. The minimum atomic E-state index is -0.976. The maximum Gasteiger partial charge on any atom is 0.198 e. The second-order valence-electron chi connectivity index (χ2n) is 5.46. The summed E-state index contributed by atoms with van der Waals surface area (Å²) in [6.07, 6.45) is -0.667. The van der Waals surface area contributed by atoms with Crippen molar-refractivity contribution in [3.8, 4) is 11.8 Å². The highest BCUT2D eigenvalue weighted by Gasteiger charge is 2.33. The van der Waals surface area contributed by atoms with Gasteiger partial charge in [0.25, 0.3) is 0 Å². The van der Waals surface area contributed by atoms with Gasteiger partial charge in [-0.05, 0) is 18.2 Å². The zero-order valence-electron chi connectivity index (χ0n) is 13.1. The molecule has 0 amide bonds. The average molecular weight is 386 g/mol. The highest BCUT2D eigenvalue weighted by Crippen LogP contribution is 2.42. The van der Waals surface area contributed by atoms with Crippen LogP contribution in [0.3, 0.4) is 0 Å². The van der Waals surface area contributed by atoms with E-state index in [-0.39, 0.29) is 5.92 Å². The number of nitrogens with zero attached hydrogens (tertiary/aromatic N) is 1. The molecule has 1 heterocycles. The summed E-state index contributed by atoms with van der Waals surface area (Å²) < 4.78 is 12.0. The third-order valence-electron chi connectivity index (χ3n) is 4.03. The van der Waals surface area contributed by atoms with Crippen molar-refractivity contribution in [2.75, 3.05) is 7.11 Å². The van der Waals surface area contributed by atoms with Crippen molar-refractivity contribution in [1.82, 2.24) is 0 Å². The summed E-state index contributed by atoms with van der Waals surface area (Å²) in [6, 6.07) is 17.3. The minimum Gasteiger partial charge on any atom is -0.496 e. The lowest BCUT2D eigenvalue weighted by molar-refractivity contribution is -0.0546. The Morgan fingerprint density at radius 2 is 1.92 bits per heavy atom. The van der Waals surface area contributed by atoms with Crippen LogP contribution in [0.2, 0.25) is 0 Å². The van der Waals surface area contributed by atoms with Crippen LogP contribution in [0.25, 0.3) is 5.76 Å². The molecule has 3 rings (SSSR count). The molecule has 0 radical (unpaired) electrons. The quantitative estimate of drug-likeness (QED) is 0.858. The number of halogens is 1. The fourth-order valence-corrected chi connectivity index (χ4v) is 3.18. The first-order valence-electron chi connectivity index (χ1n) is 7.52. The number of hydrogen-bond acceptors (Lipinski definition) is 4. The molecule has 5 heteroatoms. The minimum absolute atomic E-state index is 0.284. The van der Waals surface area contributed by atoms with Gasteiger partial charge in [-0.25, -0.2) is 0 Å². The van der Waals surface area contributed by atoms with E-state index in [0.29, 0.717) is 23.5 Å². The number of nitriles is 1. The first kappa shape index (κ1) is 16.6. The molecule has 0 saturated carbocycles. The van der Waals surface area contributed by atoms with Crippen LogP contribution in [-0.4, -0.2) is 18.5 Å². The summed E-state index contributed by atoms with van der Waals surface area (Å²) in [5.74, 6) is 0.827. The zero-order chi connectivity index (χ0) is 17.1. The van der Waals surface area contributed by atoms with E-state index < -0.39 is 6.29 Å². The number of methoxy groups -OCH3 is 1. The lowest BCUT2D eigenvalue weighted by atomic mass is 9.84. The SMILES string of the molecule is COc1ccccc1[C@@H]1CC(O)OC(c2ccc(Br)cc2)=C1C#N. The largest absolute Gasteiger partial charge is 0.496 e. The number of aliphatic hydroxyl groups excluding tert-OH is 1. The summed E-state index contributed by atoms with van der Waals surface area (Å²) in [5.41, 5.74) is 2.12. The van der Waals surface area contributed by atoms with Crippen molar-refractivity contribution in [2.45, 2.75) is 18.6 Å². The lowest BCUT2D eigenvalue weighted by Gasteiger charge is -2.30. The number of ether oxygens (including phenoxy) is 2. The van der Waals surface area contributed by atoms with Gasteiger partial charge in [-0.1, -0.05) is 46.3 Å². The molecule has 1 aliphatic rings. The molecule has 1 aliphatic heterocycles. The Morgan fingerprint density at radius 3 is 2.58 bits per heavy atom. The Bertz CT molecular complexity index is 808. The Kier molecular flexibility index (Phi) is 4.89. The molecule has 0 spiro atoms. The lowest BCUT2D eigenvalue weighted by Crippen LogP contribution is -2.24. The van der Waals surface area contributed by atoms with Crippen molar-refractivity contribution in [2.24, 2.45) is 0 Å². The number of hydrogen-bond donors (Lipinski definition) is 1. The summed E-state index contributed by atoms with van der Waals surface area (Å²) in [4.78, 5) is 0. The van der Waals surface area contributed by atoms with Gasteiger partial charge < -0.3 is 14.6 Å². The fourth-order valence-electron chi connectivity index (χ4n) is 2.92. The predicted octanol–water partition coefficient (Wildman–Crippen LogP) is 4.21. The molecule has 0 fully saturated rings. The number of benzene rings is 2. The van der Waals surface area contributed by atoms with Crippen molar-refractivity contribution < 1.29 is 14.6 Å². The summed E-state index contributed by atoms with van der Waals surface area (Å²) in [7, 11) is 1.60. The van der Waals surface area contributed by atoms with Crippen LogP contribution in [0.15, 0.2) is 58.6 Å². The van der Waals surface area contributed by atoms with Gasteiger partial charge in [-0.3, -0.25) is 0 Å². The second-order valence-corrected chi connectivity index (χ2v) is 6.38. The fraction of sp³-hybridized carbons (Fsp3) is 0.211. The van der Waals surface area contributed by atoms with Gasteiger partial charge in [-0.2, -0.15) is 5.26 Å². The molecule has 2 aromatic rings. The summed E-state index contributed by atoms with van der Waals surface area (Å²) in [6.45, 7) is 0. The zero-order valence-corrected chi connectivity index (χ0v) is 14.7. The van der Waals surface area contributed by atoms with E-state index in [4.69, 9.17) is 9.47 Å². The normalized spacial score (nSPS) is 20.2. The molecule has 0 aromatic heterocycles. The monoisotopic (exact) mass is 385 g/mol. The van der Waals surface area contributed by atoms with E-state index in [1.54, 1.807) is 7.11 Å². The van der Waals surface area contributed by atoms with Crippen LogP contribution >= 0.6 is 15.9 Å². The number of aliphatic hydroxyl groups is 1. The molecular formula is C19H16BrNO3. The number of para-hydroxylation sites is 1. The van der Waals surface area contributed by atoms with Crippen molar-refractivity contribution in [3.63, 3.8) is 0 Å². The number of allylic oxidation sites excluding steroid dienone is 1. The molecule has 0 aliphatic carbocycles. The topological polar surface area (TPSA) is 62.5 Å². The van der Waals surface area contributed by atoms with Crippen LogP contribution in [0.4, 0.5) is 0 Å². The van der Waals surface area contributed by atoms with E-state index in [1.807, 2.05) is 48.5 Å². The van der Waals surface area contributed by atoms with Crippen LogP contribution in [0.1, 0.15) is 23.5 Å². The van der Waals surface area contributed by atoms with Gasteiger partial charge in [-0.15, -0.1) is 0 Å². The van der Waals surface area contributed by atoms with E-state index in [2.05, 4.69) is 22.0 Å². The van der Waals surface area contributed by atoms with Crippen molar-refractivity contribution >= 4 is 21.7 Å². The van der Waals surface area contributed by atoms with Crippen LogP contribution in [0.5, 0.6) is 5.75 Å². The third kappa shape index (κ3) is 3.16. The third-order valence-corrected chi connectivity index (χ3v) is 4.55. The van der Waals surface area contributed by atoms with Gasteiger partial charge >= 0.3 is 0 Å². The molecule has 24 heavy (non-hydrogen) atoms. The molecule has 0 bridgehead atoms. The second kappa shape index (κ2) is 7.08. The first-order valence-corrected chi connectivity index (χ1v) is 8.31. The molecule has 1 N–H and O–H groups in total. The van der Waals surface area contributed by atoms with Crippen molar-refractivity contribution in [3.05, 3.63) is 69.7 Å². The van der Waals surface area contributed by atoms with Crippen LogP contribution < -0.4 is 4.74 Å². The van der Waals surface area contributed by atoms with E-state index in [0.717, 1.165) is 15.6 Å². The Morgan fingerprint density at radius 1 is 1.21 bits per heavy atom. The Labute approximate surface area is 149 Å². The molecule has 0 saturated heterocycles. The average Bonchev–Trinajstić information content (AvgIpc) is 2.61. The van der Waals surface area contributed by atoms with E-state index >= 15 is 0 Å². The Hall–Kier alpha value is -2.29. The first-order chi connectivity index (χ1) is 11.6. The van der Waals surface area contributed by atoms with E-state index in [9.17, 15) is 10.4 Å². The highest BCUT2D eigenvalue weighted by atomic mass is 79.9. The van der Waals surface area contributed by atoms with Gasteiger partial charge in [0, 0.05) is 27.9 Å². The molecule has 1 unspecified atom stereocenters.